The maximum atomic E-state index is 11.8. The summed E-state index contributed by atoms with van der Waals surface area (Å²) in [7, 11) is -3.06. The van der Waals surface area contributed by atoms with Crippen LogP contribution in [-0.2, 0) is 14.6 Å². The third kappa shape index (κ3) is 3.33. The Labute approximate surface area is 113 Å². The number of carbonyl (C=O) groups is 1. The van der Waals surface area contributed by atoms with Crippen LogP contribution >= 0.6 is 0 Å². The van der Waals surface area contributed by atoms with Crippen LogP contribution in [0.1, 0.15) is 18.7 Å². The first-order valence-electron chi connectivity index (χ1n) is 6.32. The fourth-order valence-electron chi connectivity index (χ4n) is 2.11. The molecule has 0 aromatic heterocycles. The van der Waals surface area contributed by atoms with E-state index in [9.17, 15) is 13.2 Å². The van der Waals surface area contributed by atoms with E-state index in [1.54, 1.807) is 11.8 Å². The Morgan fingerprint density at radius 2 is 2.00 bits per heavy atom. The molecule has 1 amide bonds. The Hall–Kier alpha value is -1.40. The number of hydrogen-bond donors (Lipinski definition) is 1. The Bertz CT molecular complexity index is 542. The standard InChI is InChI=1S/C13H18N2O3S/c1-2-19(17,18)9-8-15-12(16)10-14-13(15)11-6-4-3-5-7-11/h3-7,13-14H,2,8-10H2,1H3. The van der Waals surface area contributed by atoms with Crippen molar-refractivity contribution in [1.29, 1.82) is 0 Å². The minimum Gasteiger partial charge on any atom is -0.321 e. The summed E-state index contributed by atoms with van der Waals surface area (Å²) < 4.78 is 23.1. The van der Waals surface area contributed by atoms with E-state index in [1.165, 1.54) is 0 Å². The van der Waals surface area contributed by atoms with Gasteiger partial charge in [0, 0.05) is 12.3 Å². The number of hydrogen-bond acceptors (Lipinski definition) is 4. The van der Waals surface area contributed by atoms with Gasteiger partial charge in [-0.2, -0.15) is 0 Å². The van der Waals surface area contributed by atoms with E-state index in [0.717, 1.165) is 5.56 Å². The summed E-state index contributed by atoms with van der Waals surface area (Å²) in [4.78, 5) is 13.4. The molecule has 104 valence electrons. The van der Waals surface area contributed by atoms with E-state index in [-0.39, 0.29) is 36.7 Å². The second-order valence-corrected chi connectivity index (χ2v) is 6.99. The highest BCUT2D eigenvalue weighted by molar-refractivity contribution is 7.91. The van der Waals surface area contributed by atoms with Gasteiger partial charge in [0.2, 0.25) is 5.91 Å². The summed E-state index contributed by atoms with van der Waals surface area (Å²) >= 11 is 0. The lowest BCUT2D eigenvalue weighted by Gasteiger charge is -2.24. The fourth-order valence-corrected chi connectivity index (χ4v) is 2.87. The van der Waals surface area contributed by atoms with Gasteiger partial charge in [-0.05, 0) is 5.56 Å². The first kappa shape index (κ1) is 14.0. The van der Waals surface area contributed by atoms with Crippen molar-refractivity contribution < 1.29 is 13.2 Å². The number of benzene rings is 1. The molecular formula is C13H18N2O3S. The lowest BCUT2D eigenvalue weighted by molar-refractivity contribution is -0.127. The first-order valence-corrected chi connectivity index (χ1v) is 8.14. The van der Waals surface area contributed by atoms with Crippen LogP contribution in [-0.4, -0.2) is 43.8 Å². The smallest absolute Gasteiger partial charge is 0.238 e. The SMILES string of the molecule is CCS(=O)(=O)CCN1C(=O)CNC1c1ccccc1. The van der Waals surface area contributed by atoms with Crippen molar-refractivity contribution in [2.75, 3.05) is 24.6 Å². The van der Waals surface area contributed by atoms with Gasteiger partial charge in [0.1, 0.15) is 6.17 Å². The molecule has 0 saturated carbocycles. The second-order valence-electron chi connectivity index (χ2n) is 4.52. The number of nitrogens with one attached hydrogen (secondary N) is 1. The Kier molecular flexibility index (Phi) is 4.21. The number of rotatable bonds is 5. The van der Waals surface area contributed by atoms with Crippen LogP contribution < -0.4 is 5.32 Å². The minimum atomic E-state index is -3.06. The van der Waals surface area contributed by atoms with Crippen molar-refractivity contribution >= 4 is 15.7 Å². The number of carbonyl (C=O) groups excluding carboxylic acids is 1. The topological polar surface area (TPSA) is 66.5 Å². The minimum absolute atomic E-state index is 0.0141. The van der Waals surface area contributed by atoms with Gasteiger partial charge < -0.3 is 4.90 Å². The molecule has 6 heteroatoms. The van der Waals surface area contributed by atoms with Crippen LogP contribution in [0, 0.1) is 0 Å². The van der Waals surface area contributed by atoms with E-state index >= 15 is 0 Å². The lowest BCUT2D eigenvalue weighted by atomic mass is 10.1. The maximum absolute atomic E-state index is 11.8. The van der Waals surface area contributed by atoms with Crippen molar-refractivity contribution in [2.45, 2.75) is 13.1 Å². The molecule has 1 heterocycles. The molecule has 1 aromatic rings. The van der Waals surface area contributed by atoms with Crippen molar-refractivity contribution in [3.63, 3.8) is 0 Å². The highest BCUT2D eigenvalue weighted by Gasteiger charge is 2.31. The molecule has 1 N–H and O–H groups in total. The molecule has 0 aliphatic carbocycles. The van der Waals surface area contributed by atoms with Crippen molar-refractivity contribution in [1.82, 2.24) is 10.2 Å². The summed E-state index contributed by atoms with van der Waals surface area (Å²) in [6.07, 6.45) is -0.222. The average Bonchev–Trinajstić information content (AvgIpc) is 2.79. The molecule has 19 heavy (non-hydrogen) atoms. The molecule has 1 saturated heterocycles. The van der Waals surface area contributed by atoms with E-state index in [0.29, 0.717) is 0 Å². The zero-order valence-electron chi connectivity index (χ0n) is 10.9. The predicted octanol–water partition coefficient (Wildman–Crippen LogP) is 0.552. The quantitative estimate of drug-likeness (QED) is 0.856. The fraction of sp³-hybridized carbons (Fsp3) is 0.462. The normalized spacial score (nSPS) is 19.9. The third-order valence-corrected chi connectivity index (χ3v) is 4.96. The van der Waals surface area contributed by atoms with E-state index in [2.05, 4.69) is 5.32 Å². The van der Waals surface area contributed by atoms with Gasteiger partial charge in [-0.3, -0.25) is 10.1 Å². The molecule has 1 fully saturated rings. The number of nitrogens with zero attached hydrogens (tertiary/aromatic N) is 1. The number of sulfone groups is 1. The molecular weight excluding hydrogens is 264 g/mol. The monoisotopic (exact) mass is 282 g/mol. The zero-order valence-corrected chi connectivity index (χ0v) is 11.7. The molecule has 1 aliphatic rings. The van der Waals surface area contributed by atoms with Crippen LogP contribution in [0.5, 0.6) is 0 Å². The Balaban J connectivity index is 2.11. The van der Waals surface area contributed by atoms with Crippen molar-refractivity contribution in [3.8, 4) is 0 Å². The third-order valence-electron chi connectivity index (χ3n) is 3.28. The van der Waals surface area contributed by atoms with E-state index in [1.807, 2.05) is 30.3 Å². The van der Waals surface area contributed by atoms with Crippen LogP contribution in [0.15, 0.2) is 30.3 Å². The van der Waals surface area contributed by atoms with Gasteiger partial charge in [-0.25, -0.2) is 8.42 Å². The van der Waals surface area contributed by atoms with Crippen LogP contribution in [0.25, 0.3) is 0 Å². The van der Waals surface area contributed by atoms with E-state index < -0.39 is 9.84 Å². The molecule has 0 spiro atoms. The molecule has 1 aliphatic heterocycles. The summed E-state index contributed by atoms with van der Waals surface area (Å²) in [5.74, 6) is 0.0683. The van der Waals surface area contributed by atoms with Gasteiger partial charge in [0.15, 0.2) is 9.84 Å². The largest absolute Gasteiger partial charge is 0.321 e. The Morgan fingerprint density at radius 1 is 1.32 bits per heavy atom. The van der Waals surface area contributed by atoms with Gasteiger partial charge in [0.05, 0.1) is 12.3 Å². The second kappa shape index (κ2) is 5.71. The molecule has 1 unspecified atom stereocenters. The molecule has 1 aromatic carbocycles. The van der Waals surface area contributed by atoms with Crippen LogP contribution in [0.4, 0.5) is 0 Å². The summed E-state index contributed by atoms with van der Waals surface area (Å²) in [6.45, 7) is 2.11. The first-order chi connectivity index (χ1) is 9.03. The summed E-state index contributed by atoms with van der Waals surface area (Å²) in [5.41, 5.74) is 0.974. The highest BCUT2D eigenvalue weighted by Crippen LogP contribution is 2.21. The zero-order chi connectivity index (χ0) is 13.9. The summed E-state index contributed by atoms with van der Waals surface area (Å²) in [5, 5.41) is 3.11. The van der Waals surface area contributed by atoms with Crippen molar-refractivity contribution in [2.24, 2.45) is 0 Å². The molecule has 1 atom stereocenters. The molecule has 5 nitrogen and oxygen atoms in total. The van der Waals surface area contributed by atoms with Crippen molar-refractivity contribution in [3.05, 3.63) is 35.9 Å². The van der Waals surface area contributed by atoms with Gasteiger partial charge in [-0.15, -0.1) is 0 Å². The summed E-state index contributed by atoms with van der Waals surface area (Å²) in [6, 6.07) is 9.57. The molecule has 0 bridgehead atoms. The maximum Gasteiger partial charge on any atom is 0.238 e. The average molecular weight is 282 g/mol. The van der Waals surface area contributed by atoms with Gasteiger partial charge in [0.25, 0.3) is 0 Å². The highest BCUT2D eigenvalue weighted by atomic mass is 32.2. The Morgan fingerprint density at radius 3 is 2.63 bits per heavy atom. The van der Waals surface area contributed by atoms with Gasteiger partial charge >= 0.3 is 0 Å². The molecule has 0 radical (unpaired) electrons. The van der Waals surface area contributed by atoms with Crippen LogP contribution in [0.2, 0.25) is 0 Å². The number of amides is 1. The van der Waals surface area contributed by atoms with Gasteiger partial charge in [-0.1, -0.05) is 37.3 Å². The molecule has 2 rings (SSSR count). The van der Waals surface area contributed by atoms with E-state index in [4.69, 9.17) is 0 Å². The lowest BCUT2D eigenvalue weighted by Crippen LogP contribution is -2.34. The van der Waals surface area contributed by atoms with Crippen LogP contribution in [0.3, 0.4) is 0 Å². The predicted molar refractivity (Wildman–Crippen MR) is 73.2 cm³/mol.